The van der Waals surface area contributed by atoms with Crippen molar-refractivity contribution in [3.63, 3.8) is 0 Å². The van der Waals surface area contributed by atoms with Crippen molar-refractivity contribution in [2.24, 2.45) is 5.92 Å². The highest BCUT2D eigenvalue weighted by molar-refractivity contribution is 9.10. The molecule has 0 spiro atoms. The molecule has 0 bridgehead atoms. The van der Waals surface area contributed by atoms with Crippen LogP contribution in [0.1, 0.15) is 11.1 Å². The van der Waals surface area contributed by atoms with Crippen molar-refractivity contribution in [3.05, 3.63) is 64.1 Å². The first-order valence-corrected chi connectivity index (χ1v) is 9.57. The van der Waals surface area contributed by atoms with Crippen LogP contribution in [0.3, 0.4) is 0 Å². The number of rotatable bonds is 3. The van der Waals surface area contributed by atoms with E-state index in [1.165, 1.54) is 37.2 Å². The summed E-state index contributed by atoms with van der Waals surface area (Å²) in [5, 5.41) is 3.28. The Morgan fingerprint density at radius 2 is 1.65 bits per heavy atom. The molecule has 0 unspecified atom stereocenters. The lowest BCUT2D eigenvalue weighted by atomic mass is 9.95. The molecule has 0 aromatic heterocycles. The fraction of sp³-hybridized carbons (Fsp3) is 0.294. The Morgan fingerprint density at radius 3 is 2.09 bits per heavy atom. The van der Waals surface area contributed by atoms with Gasteiger partial charge in [0.15, 0.2) is 0 Å². The Bertz CT molecular complexity index is 723. The second kappa shape index (κ2) is 8.06. The minimum absolute atomic E-state index is 0.0666. The van der Waals surface area contributed by atoms with E-state index >= 15 is 0 Å². The minimum Gasteiger partial charge on any atom is -0.316 e. The first-order chi connectivity index (χ1) is 10.8. The van der Waals surface area contributed by atoms with Gasteiger partial charge in [0.25, 0.3) is 10.1 Å². The minimum atomic E-state index is -4.02. The van der Waals surface area contributed by atoms with Crippen LogP contribution in [-0.4, -0.2) is 26.1 Å². The van der Waals surface area contributed by atoms with Gasteiger partial charge < -0.3 is 5.32 Å². The fourth-order valence-corrected chi connectivity index (χ4v) is 2.90. The summed E-state index contributed by atoms with van der Waals surface area (Å²) >= 11 is 3.43. The average molecular weight is 398 g/mol. The van der Waals surface area contributed by atoms with Crippen LogP contribution in [0.2, 0.25) is 0 Å². The molecule has 1 saturated heterocycles. The van der Waals surface area contributed by atoms with Crippen LogP contribution in [0.4, 0.5) is 0 Å². The van der Waals surface area contributed by atoms with Crippen molar-refractivity contribution in [2.75, 3.05) is 13.1 Å². The molecule has 23 heavy (non-hydrogen) atoms. The number of hydrogen-bond acceptors (Lipinski definition) is 3. The topological polar surface area (TPSA) is 66.4 Å². The Labute approximate surface area is 145 Å². The lowest BCUT2D eigenvalue weighted by Crippen LogP contribution is -2.43. The smallest absolute Gasteiger partial charge is 0.294 e. The Hall–Kier alpha value is -1.21. The Balaban J connectivity index is 0.000000168. The molecule has 1 fully saturated rings. The van der Waals surface area contributed by atoms with Gasteiger partial charge in [-0.15, -0.1) is 0 Å². The van der Waals surface area contributed by atoms with Crippen molar-refractivity contribution in [1.29, 1.82) is 0 Å². The van der Waals surface area contributed by atoms with Crippen LogP contribution in [0.25, 0.3) is 0 Å². The molecule has 2 N–H and O–H groups in total. The molecule has 3 rings (SSSR count). The Morgan fingerprint density at radius 1 is 1.09 bits per heavy atom. The van der Waals surface area contributed by atoms with Gasteiger partial charge in [0.2, 0.25) is 0 Å². The standard InChI is InChI=1S/C10H12BrN.C7H8O3S/c11-10-3-1-8(2-4-10)5-9-6-12-7-9;1-6-2-4-7(5-3-6)11(8,9)10/h1-4,9,12H,5-7H2;2-5H,1H3,(H,8,9,10). The van der Waals surface area contributed by atoms with E-state index in [0.717, 1.165) is 16.0 Å². The van der Waals surface area contributed by atoms with Crippen LogP contribution in [-0.2, 0) is 16.5 Å². The summed E-state index contributed by atoms with van der Waals surface area (Å²) in [6, 6.07) is 14.6. The summed E-state index contributed by atoms with van der Waals surface area (Å²) in [5.41, 5.74) is 2.40. The molecule has 2 aromatic rings. The fourth-order valence-electron chi connectivity index (χ4n) is 2.16. The van der Waals surface area contributed by atoms with Crippen LogP contribution >= 0.6 is 15.9 Å². The largest absolute Gasteiger partial charge is 0.316 e. The highest BCUT2D eigenvalue weighted by Crippen LogP contribution is 2.15. The van der Waals surface area contributed by atoms with Gasteiger partial charge in [-0.25, -0.2) is 0 Å². The van der Waals surface area contributed by atoms with E-state index in [1.807, 2.05) is 6.92 Å². The molecular weight excluding hydrogens is 378 g/mol. The van der Waals surface area contributed by atoms with Gasteiger partial charge in [-0.3, -0.25) is 4.55 Å². The van der Waals surface area contributed by atoms with Gasteiger partial charge in [-0.05, 0) is 62.2 Å². The first-order valence-electron chi connectivity index (χ1n) is 7.34. The molecule has 0 aliphatic carbocycles. The maximum Gasteiger partial charge on any atom is 0.294 e. The van der Waals surface area contributed by atoms with E-state index in [-0.39, 0.29) is 4.90 Å². The SMILES string of the molecule is Brc1ccc(CC2CNC2)cc1.Cc1ccc(S(=O)(=O)O)cc1. The summed E-state index contributed by atoms with van der Waals surface area (Å²) < 4.78 is 30.7. The summed E-state index contributed by atoms with van der Waals surface area (Å²) in [4.78, 5) is -0.0666. The molecule has 4 nitrogen and oxygen atoms in total. The van der Waals surface area contributed by atoms with Gasteiger partial charge in [0.05, 0.1) is 4.90 Å². The van der Waals surface area contributed by atoms with E-state index in [2.05, 4.69) is 45.5 Å². The van der Waals surface area contributed by atoms with Gasteiger partial charge in [0, 0.05) is 4.47 Å². The summed E-state index contributed by atoms with van der Waals surface area (Å²) in [5.74, 6) is 0.867. The zero-order chi connectivity index (χ0) is 16.9. The van der Waals surface area contributed by atoms with Crippen molar-refractivity contribution in [1.82, 2.24) is 5.32 Å². The third-order valence-electron chi connectivity index (χ3n) is 3.62. The number of halogens is 1. The maximum atomic E-state index is 10.5. The molecule has 0 amide bonds. The van der Waals surface area contributed by atoms with Gasteiger partial charge in [0.1, 0.15) is 0 Å². The molecule has 6 heteroatoms. The molecule has 2 aromatic carbocycles. The van der Waals surface area contributed by atoms with E-state index in [0.29, 0.717) is 0 Å². The molecule has 1 aliphatic heterocycles. The molecule has 0 saturated carbocycles. The van der Waals surface area contributed by atoms with E-state index in [9.17, 15) is 8.42 Å². The first kappa shape index (κ1) is 18.1. The van der Waals surface area contributed by atoms with E-state index < -0.39 is 10.1 Å². The third-order valence-corrected chi connectivity index (χ3v) is 5.02. The van der Waals surface area contributed by atoms with Crippen molar-refractivity contribution in [2.45, 2.75) is 18.2 Å². The summed E-state index contributed by atoms with van der Waals surface area (Å²) in [7, 11) is -4.02. The monoisotopic (exact) mass is 397 g/mol. The molecule has 0 radical (unpaired) electrons. The normalized spacial score (nSPS) is 14.6. The molecule has 124 valence electrons. The van der Waals surface area contributed by atoms with Crippen LogP contribution < -0.4 is 5.32 Å². The van der Waals surface area contributed by atoms with Crippen LogP contribution in [0.5, 0.6) is 0 Å². The summed E-state index contributed by atoms with van der Waals surface area (Å²) in [6.45, 7) is 4.22. The lowest BCUT2D eigenvalue weighted by Gasteiger charge is -2.26. The second-order valence-electron chi connectivity index (χ2n) is 5.64. The van der Waals surface area contributed by atoms with Crippen molar-refractivity contribution >= 4 is 26.0 Å². The average Bonchev–Trinajstić information content (AvgIpc) is 2.45. The van der Waals surface area contributed by atoms with Gasteiger partial charge in [-0.1, -0.05) is 45.8 Å². The van der Waals surface area contributed by atoms with Crippen molar-refractivity contribution < 1.29 is 13.0 Å². The highest BCUT2D eigenvalue weighted by atomic mass is 79.9. The van der Waals surface area contributed by atoms with Crippen molar-refractivity contribution in [3.8, 4) is 0 Å². The van der Waals surface area contributed by atoms with Crippen LogP contribution in [0, 0.1) is 12.8 Å². The number of nitrogens with one attached hydrogen (secondary N) is 1. The zero-order valence-electron chi connectivity index (χ0n) is 12.9. The zero-order valence-corrected chi connectivity index (χ0v) is 15.3. The summed E-state index contributed by atoms with van der Waals surface area (Å²) in [6.07, 6.45) is 1.22. The third kappa shape index (κ3) is 6.06. The maximum absolute atomic E-state index is 10.5. The lowest BCUT2D eigenvalue weighted by molar-refractivity contribution is 0.346. The predicted molar refractivity (Wildman–Crippen MR) is 95.2 cm³/mol. The van der Waals surface area contributed by atoms with Crippen LogP contribution in [0.15, 0.2) is 57.9 Å². The van der Waals surface area contributed by atoms with Gasteiger partial charge in [-0.2, -0.15) is 8.42 Å². The number of aryl methyl sites for hydroxylation is 1. The van der Waals surface area contributed by atoms with Gasteiger partial charge >= 0.3 is 0 Å². The second-order valence-corrected chi connectivity index (χ2v) is 7.98. The number of benzene rings is 2. The molecule has 1 aliphatic rings. The quantitative estimate of drug-likeness (QED) is 0.778. The Kier molecular flexibility index (Phi) is 6.35. The van der Waals surface area contributed by atoms with E-state index in [1.54, 1.807) is 12.1 Å². The molecular formula is C17H20BrNO3S. The van der Waals surface area contributed by atoms with E-state index in [4.69, 9.17) is 4.55 Å². The molecule has 0 atom stereocenters. The highest BCUT2D eigenvalue weighted by Gasteiger charge is 2.16. The predicted octanol–water partition coefficient (Wildman–Crippen LogP) is 3.45. The molecule has 1 heterocycles. The number of hydrogen-bond donors (Lipinski definition) is 2.